The topological polar surface area (TPSA) is 6.48 Å². The van der Waals surface area contributed by atoms with E-state index in [4.69, 9.17) is 0 Å². The molecule has 0 saturated heterocycles. The van der Waals surface area contributed by atoms with Gasteiger partial charge in [-0.15, -0.1) is 11.3 Å². The van der Waals surface area contributed by atoms with Crippen LogP contribution in [0, 0.1) is 0 Å². The summed E-state index contributed by atoms with van der Waals surface area (Å²) >= 11 is 3.72. The molecule has 1 aliphatic heterocycles. The van der Waals surface area contributed by atoms with Crippen LogP contribution in [0.2, 0.25) is 0 Å². The summed E-state index contributed by atoms with van der Waals surface area (Å²) in [5, 5.41) is 2.65. The molecule has 0 atom stereocenters. The molecule has 234 valence electrons. The molecule has 0 amide bonds. The van der Waals surface area contributed by atoms with E-state index in [1.165, 1.54) is 69.3 Å². The van der Waals surface area contributed by atoms with Crippen molar-refractivity contribution in [3.8, 4) is 11.1 Å². The molecule has 0 spiro atoms. The Labute approximate surface area is 294 Å². The molecule has 10 rings (SSSR count). The first-order valence-electron chi connectivity index (χ1n) is 16.8. The molecule has 0 radical (unpaired) electrons. The van der Waals surface area contributed by atoms with Crippen LogP contribution in [0.25, 0.3) is 31.3 Å². The first kappa shape index (κ1) is 28.7. The van der Waals surface area contributed by atoms with Crippen LogP contribution in [0.15, 0.2) is 168 Å². The summed E-state index contributed by atoms with van der Waals surface area (Å²) in [4.78, 5) is 7.34. The molecule has 0 saturated carbocycles. The molecule has 7 aromatic carbocycles. The third-order valence-corrected chi connectivity index (χ3v) is 12.5. The van der Waals surface area contributed by atoms with Crippen LogP contribution in [-0.2, 0) is 5.41 Å². The number of hydrogen-bond donors (Lipinski definition) is 0. The Kier molecular flexibility index (Phi) is 6.36. The highest BCUT2D eigenvalue weighted by Crippen LogP contribution is 2.55. The van der Waals surface area contributed by atoms with Gasteiger partial charge in [0.2, 0.25) is 0 Å². The Balaban J connectivity index is 1.12. The summed E-state index contributed by atoms with van der Waals surface area (Å²) in [6.45, 7) is 4.68. The molecule has 0 N–H and O–H groups in total. The number of nitrogens with zero attached hydrogens (tertiary/aromatic N) is 2. The molecule has 49 heavy (non-hydrogen) atoms. The maximum Gasteiger partial charge on any atom is 0.0603 e. The molecule has 4 heteroatoms. The molecule has 0 unspecified atom stereocenters. The number of fused-ring (bicyclic) bond motifs is 8. The van der Waals surface area contributed by atoms with Gasteiger partial charge < -0.3 is 9.80 Å². The van der Waals surface area contributed by atoms with Crippen LogP contribution >= 0.6 is 23.1 Å². The number of anilines is 6. The van der Waals surface area contributed by atoms with Crippen molar-refractivity contribution in [2.75, 3.05) is 9.80 Å². The number of hydrogen-bond acceptors (Lipinski definition) is 4. The summed E-state index contributed by atoms with van der Waals surface area (Å²) in [5.41, 5.74) is 12.4. The van der Waals surface area contributed by atoms with Gasteiger partial charge in [0.05, 0.1) is 11.4 Å². The van der Waals surface area contributed by atoms with E-state index in [1.54, 1.807) is 0 Å². The van der Waals surface area contributed by atoms with Crippen molar-refractivity contribution in [2.24, 2.45) is 0 Å². The zero-order valence-electron chi connectivity index (χ0n) is 27.2. The fourth-order valence-corrected chi connectivity index (χ4v) is 10.1. The SMILES string of the molecule is CC1(C)c2ccccc2-c2cc(N(c3ccccc3)c3ccc4c(c3)Sc3ccccc3N4c3ccc4c(c3)sc3ccccc34)ccc21. The van der Waals surface area contributed by atoms with E-state index in [0.717, 1.165) is 17.1 Å². The Morgan fingerprint density at radius 3 is 2.10 bits per heavy atom. The molecule has 8 aromatic rings. The lowest BCUT2D eigenvalue weighted by molar-refractivity contribution is 0.660. The minimum absolute atomic E-state index is 0.0276. The average Bonchev–Trinajstić information content (AvgIpc) is 3.62. The molecule has 0 bridgehead atoms. The van der Waals surface area contributed by atoms with Crippen LogP contribution < -0.4 is 9.80 Å². The number of benzene rings is 7. The van der Waals surface area contributed by atoms with Crippen molar-refractivity contribution in [2.45, 2.75) is 29.1 Å². The Bertz CT molecular complexity index is 2580. The molecular formula is C45H32N2S2. The lowest BCUT2D eigenvalue weighted by atomic mass is 9.82. The van der Waals surface area contributed by atoms with E-state index >= 15 is 0 Å². The largest absolute Gasteiger partial charge is 0.310 e. The smallest absolute Gasteiger partial charge is 0.0603 e. The second-order valence-corrected chi connectivity index (χ2v) is 15.6. The van der Waals surface area contributed by atoms with Gasteiger partial charge in [0.1, 0.15) is 0 Å². The third kappa shape index (κ3) is 4.41. The minimum atomic E-state index is -0.0276. The van der Waals surface area contributed by atoms with E-state index in [2.05, 4.69) is 181 Å². The van der Waals surface area contributed by atoms with Crippen LogP contribution in [0.4, 0.5) is 34.1 Å². The van der Waals surface area contributed by atoms with Gasteiger partial charge in [-0.3, -0.25) is 0 Å². The Morgan fingerprint density at radius 2 is 1.18 bits per heavy atom. The second-order valence-electron chi connectivity index (χ2n) is 13.4. The zero-order chi connectivity index (χ0) is 32.7. The zero-order valence-corrected chi connectivity index (χ0v) is 28.9. The van der Waals surface area contributed by atoms with Crippen molar-refractivity contribution >= 4 is 77.4 Å². The van der Waals surface area contributed by atoms with Gasteiger partial charge in [-0.25, -0.2) is 0 Å². The van der Waals surface area contributed by atoms with Gasteiger partial charge in [-0.1, -0.05) is 111 Å². The van der Waals surface area contributed by atoms with E-state index in [9.17, 15) is 0 Å². The summed E-state index contributed by atoms with van der Waals surface area (Å²) < 4.78 is 2.64. The third-order valence-electron chi connectivity index (χ3n) is 10.2. The van der Waals surface area contributed by atoms with Crippen molar-refractivity contribution in [1.29, 1.82) is 0 Å². The summed E-state index contributed by atoms with van der Waals surface area (Å²) in [7, 11) is 0. The number of para-hydroxylation sites is 2. The fourth-order valence-electron chi connectivity index (χ4n) is 7.89. The molecule has 0 fully saturated rings. The summed E-state index contributed by atoms with van der Waals surface area (Å²) in [6, 6.07) is 58.1. The van der Waals surface area contributed by atoms with Gasteiger partial charge in [-0.05, 0) is 95.1 Å². The predicted molar refractivity (Wildman–Crippen MR) is 210 cm³/mol. The van der Waals surface area contributed by atoms with E-state index < -0.39 is 0 Å². The Morgan fingerprint density at radius 1 is 0.490 bits per heavy atom. The maximum atomic E-state index is 2.44. The van der Waals surface area contributed by atoms with Crippen molar-refractivity contribution in [3.63, 3.8) is 0 Å². The normalized spacial score (nSPS) is 14.0. The predicted octanol–water partition coefficient (Wildman–Crippen LogP) is 13.8. The Hall–Kier alpha value is -5.29. The number of thiophene rings is 1. The molecule has 2 aliphatic rings. The highest BCUT2D eigenvalue weighted by atomic mass is 32.2. The van der Waals surface area contributed by atoms with Crippen molar-refractivity contribution in [3.05, 3.63) is 169 Å². The number of rotatable bonds is 4. The molecule has 2 nitrogen and oxygen atoms in total. The van der Waals surface area contributed by atoms with Crippen LogP contribution in [0.1, 0.15) is 25.0 Å². The summed E-state index contributed by atoms with van der Waals surface area (Å²) in [6.07, 6.45) is 0. The molecular weight excluding hydrogens is 633 g/mol. The molecule has 2 heterocycles. The minimum Gasteiger partial charge on any atom is -0.310 e. The van der Waals surface area contributed by atoms with Crippen LogP contribution in [0.3, 0.4) is 0 Å². The molecule has 1 aliphatic carbocycles. The molecule has 1 aromatic heterocycles. The van der Waals surface area contributed by atoms with Gasteiger partial charge in [0.15, 0.2) is 0 Å². The van der Waals surface area contributed by atoms with E-state index in [1.807, 2.05) is 23.1 Å². The van der Waals surface area contributed by atoms with Crippen molar-refractivity contribution in [1.82, 2.24) is 0 Å². The van der Waals surface area contributed by atoms with E-state index in [0.29, 0.717) is 0 Å². The lowest BCUT2D eigenvalue weighted by Gasteiger charge is -2.34. The van der Waals surface area contributed by atoms with Crippen LogP contribution in [-0.4, -0.2) is 0 Å². The highest BCUT2D eigenvalue weighted by molar-refractivity contribution is 7.99. The van der Waals surface area contributed by atoms with Gasteiger partial charge >= 0.3 is 0 Å². The van der Waals surface area contributed by atoms with E-state index in [-0.39, 0.29) is 5.41 Å². The average molecular weight is 665 g/mol. The van der Waals surface area contributed by atoms with Gasteiger partial charge in [0.25, 0.3) is 0 Å². The second kappa shape index (κ2) is 10.9. The first-order chi connectivity index (χ1) is 24.0. The van der Waals surface area contributed by atoms with Crippen LogP contribution in [0.5, 0.6) is 0 Å². The standard InChI is InChI=1S/C45H32N2S2/c1-45(2)37-16-8-6-14-33(37)36-26-30(21-24-38(36)45)46(29-12-4-3-5-13-29)31-22-25-40-44(28-31)49-42-19-11-9-17-39(42)47(40)32-20-23-35-34-15-7-10-18-41(34)48-43(35)27-32/h3-28H,1-2H3. The fraction of sp³-hybridized carbons (Fsp3) is 0.0667. The monoisotopic (exact) mass is 664 g/mol. The quantitative estimate of drug-likeness (QED) is 0.185. The van der Waals surface area contributed by atoms with Gasteiger partial charge in [0, 0.05) is 58.1 Å². The lowest BCUT2D eigenvalue weighted by Crippen LogP contribution is -2.16. The van der Waals surface area contributed by atoms with Crippen molar-refractivity contribution < 1.29 is 0 Å². The first-order valence-corrected chi connectivity index (χ1v) is 18.4. The summed E-state index contributed by atoms with van der Waals surface area (Å²) in [5.74, 6) is 0. The van der Waals surface area contributed by atoms with Gasteiger partial charge in [-0.2, -0.15) is 0 Å². The highest BCUT2D eigenvalue weighted by Gasteiger charge is 2.35. The maximum absolute atomic E-state index is 2.44.